The van der Waals surface area contributed by atoms with Gasteiger partial charge in [-0.1, -0.05) is 0 Å². The normalized spacial score (nSPS) is 16.1. The molecule has 1 unspecified atom stereocenters. The molecule has 1 aromatic carbocycles. The second-order valence-electron chi connectivity index (χ2n) is 12.2. The maximum Gasteiger partial charge on any atom is 0.259 e. The van der Waals surface area contributed by atoms with E-state index < -0.39 is 23.4 Å². The molecule has 4 aromatic heterocycles. The van der Waals surface area contributed by atoms with Crippen molar-refractivity contribution in [2.45, 2.75) is 76.7 Å². The number of aliphatic hydroxyl groups excluding tert-OH is 1. The summed E-state index contributed by atoms with van der Waals surface area (Å²) in [7, 11) is 0. The van der Waals surface area contributed by atoms with Crippen molar-refractivity contribution in [2.75, 3.05) is 5.32 Å². The number of aliphatic hydroxyl groups is 2. The smallest absolute Gasteiger partial charge is 0.259 e. The van der Waals surface area contributed by atoms with E-state index >= 15 is 0 Å². The largest absolute Gasteiger partial charge is 0.388 e. The first kappa shape index (κ1) is 27.3. The molecular weight excluding hydrogens is 553 g/mol. The highest BCUT2D eigenvalue weighted by Crippen LogP contribution is 2.44. The SMILES string of the molecule is Cc1cc(F)c(-c2nnn(C3CC3)n2)cc1NC(=O)c1cnn2ccc(-c3cn(CC(O)C(C)(C)O)nc3C3CC3)cc12. The molecule has 222 valence electrons. The molecule has 0 radical (unpaired) electrons. The number of aryl methyl sites for hydroxylation is 1. The van der Waals surface area contributed by atoms with Gasteiger partial charge < -0.3 is 15.5 Å². The van der Waals surface area contributed by atoms with E-state index in [1.54, 1.807) is 36.2 Å². The summed E-state index contributed by atoms with van der Waals surface area (Å²) in [5.41, 5.74) is 3.52. The lowest BCUT2D eigenvalue weighted by Crippen LogP contribution is -2.39. The minimum Gasteiger partial charge on any atom is -0.388 e. The van der Waals surface area contributed by atoms with Crippen molar-refractivity contribution < 1.29 is 19.4 Å². The Morgan fingerprint density at radius 1 is 1.16 bits per heavy atom. The third-order valence-corrected chi connectivity index (χ3v) is 8.11. The number of anilines is 1. The molecule has 12 nitrogen and oxygen atoms in total. The summed E-state index contributed by atoms with van der Waals surface area (Å²) in [6.45, 7) is 5.00. The molecule has 2 fully saturated rings. The Labute approximate surface area is 246 Å². The van der Waals surface area contributed by atoms with Crippen LogP contribution in [0.1, 0.15) is 73.1 Å². The number of fused-ring (bicyclic) bond motifs is 1. The molecule has 13 heteroatoms. The van der Waals surface area contributed by atoms with Crippen molar-refractivity contribution in [2.24, 2.45) is 0 Å². The fourth-order valence-electron chi connectivity index (χ4n) is 5.10. The van der Waals surface area contributed by atoms with Crippen LogP contribution < -0.4 is 5.32 Å². The summed E-state index contributed by atoms with van der Waals surface area (Å²) in [5, 5.41) is 45.1. The molecular formula is C30H32FN9O3. The van der Waals surface area contributed by atoms with Crippen molar-refractivity contribution in [3.05, 3.63) is 65.5 Å². The number of carbonyl (C=O) groups is 1. The number of hydrogen-bond acceptors (Lipinski definition) is 8. The van der Waals surface area contributed by atoms with Crippen molar-refractivity contribution in [1.82, 2.24) is 39.6 Å². The van der Waals surface area contributed by atoms with Crippen LogP contribution in [0, 0.1) is 12.7 Å². The van der Waals surface area contributed by atoms with Crippen molar-refractivity contribution >= 4 is 17.1 Å². The van der Waals surface area contributed by atoms with Gasteiger partial charge in [-0.25, -0.2) is 8.91 Å². The van der Waals surface area contributed by atoms with Gasteiger partial charge in [0.25, 0.3) is 5.91 Å². The van der Waals surface area contributed by atoms with Crippen LogP contribution in [0.25, 0.3) is 28.0 Å². The number of nitrogens with zero attached hydrogens (tertiary/aromatic N) is 8. The van der Waals surface area contributed by atoms with E-state index in [2.05, 4.69) is 25.8 Å². The summed E-state index contributed by atoms with van der Waals surface area (Å²) >= 11 is 0. The molecule has 5 aromatic rings. The number of aromatic nitrogens is 8. The van der Waals surface area contributed by atoms with Crippen LogP contribution >= 0.6 is 0 Å². The molecule has 1 atom stereocenters. The van der Waals surface area contributed by atoms with Crippen LogP contribution in [-0.4, -0.2) is 67.4 Å². The Morgan fingerprint density at radius 3 is 2.67 bits per heavy atom. The van der Waals surface area contributed by atoms with Gasteiger partial charge in [0, 0.05) is 29.6 Å². The minimum absolute atomic E-state index is 0.150. The van der Waals surface area contributed by atoms with Crippen LogP contribution in [0.5, 0.6) is 0 Å². The Morgan fingerprint density at radius 2 is 1.95 bits per heavy atom. The molecule has 0 bridgehead atoms. The van der Waals surface area contributed by atoms with Gasteiger partial charge in [0.15, 0.2) is 0 Å². The highest BCUT2D eigenvalue weighted by Gasteiger charge is 2.32. The Balaban J connectivity index is 1.19. The van der Waals surface area contributed by atoms with Crippen LogP contribution in [0.2, 0.25) is 0 Å². The number of hydrogen-bond donors (Lipinski definition) is 3. The molecule has 2 aliphatic carbocycles. The summed E-state index contributed by atoms with van der Waals surface area (Å²) in [6, 6.07) is 6.91. The Hall–Kier alpha value is -4.49. The molecule has 2 saturated carbocycles. The maximum atomic E-state index is 14.9. The van der Waals surface area contributed by atoms with E-state index in [0.29, 0.717) is 28.2 Å². The van der Waals surface area contributed by atoms with E-state index in [1.807, 2.05) is 18.3 Å². The van der Waals surface area contributed by atoms with Crippen LogP contribution in [0.15, 0.2) is 42.9 Å². The number of halogens is 1. The second kappa shape index (κ2) is 10.1. The molecule has 4 heterocycles. The minimum atomic E-state index is -1.26. The van der Waals surface area contributed by atoms with Gasteiger partial charge >= 0.3 is 0 Å². The predicted molar refractivity (Wildman–Crippen MR) is 155 cm³/mol. The van der Waals surface area contributed by atoms with E-state index in [4.69, 9.17) is 5.10 Å². The summed E-state index contributed by atoms with van der Waals surface area (Å²) in [5.74, 6) is -0.389. The first-order valence-electron chi connectivity index (χ1n) is 14.4. The van der Waals surface area contributed by atoms with E-state index in [1.165, 1.54) is 23.1 Å². The first-order chi connectivity index (χ1) is 20.5. The van der Waals surface area contributed by atoms with E-state index in [-0.39, 0.29) is 24.0 Å². The van der Waals surface area contributed by atoms with Gasteiger partial charge in [-0.15, -0.1) is 10.2 Å². The Kier molecular flexibility index (Phi) is 6.40. The van der Waals surface area contributed by atoms with Gasteiger partial charge in [-0.05, 0) is 87.1 Å². The van der Waals surface area contributed by atoms with Gasteiger partial charge in [0.05, 0.1) is 46.7 Å². The predicted octanol–water partition coefficient (Wildman–Crippen LogP) is 3.90. The lowest BCUT2D eigenvalue weighted by atomic mass is 10.0. The monoisotopic (exact) mass is 585 g/mol. The van der Waals surface area contributed by atoms with E-state index in [0.717, 1.165) is 42.5 Å². The lowest BCUT2D eigenvalue weighted by molar-refractivity contribution is -0.0566. The zero-order valence-corrected chi connectivity index (χ0v) is 24.1. The molecule has 7 rings (SSSR count). The number of nitrogens with one attached hydrogen (secondary N) is 1. The maximum absolute atomic E-state index is 14.9. The average Bonchev–Trinajstić information content (AvgIpc) is 3.86. The summed E-state index contributed by atoms with van der Waals surface area (Å²) in [6.07, 6.45) is 8.20. The van der Waals surface area contributed by atoms with Crippen molar-refractivity contribution in [3.63, 3.8) is 0 Å². The van der Waals surface area contributed by atoms with Gasteiger partial charge in [0.2, 0.25) is 5.82 Å². The molecule has 3 N–H and O–H groups in total. The lowest BCUT2D eigenvalue weighted by Gasteiger charge is -2.24. The fourth-order valence-corrected chi connectivity index (χ4v) is 5.10. The van der Waals surface area contributed by atoms with Crippen molar-refractivity contribution in [1.29, 1.82) is 0 Å². The molecule has 0 saturated heterocycles. The summed E-state index contributed by atoms with van der Waals surface area (Å²) < 4.78 is 18.2. The number of carbonyl (C=O) groups excluding carboxylic acids is 1. The molecule has 1 amide bonds. The number of benzene rings is 1. The zero-order chi connectivity index (χ0) is 30.0. The topological polar surface area (TPSA) is 148 Å². The number of amides is 1. The fraction of sp³-hybridized carbons (Fsp3) is 0.400. The average molecular weight is 586 g/mol. The van der Waals surface area contributed by atoms with Crippen LogP contribution in [0.3, 0.4) is 0 Å². The third kappa shape index (κ3) is 5.30. The highest BCUT2D eigenvalue weighted by molar-refractivity contribution is 6.09. The third-order valence-electron chi connectivity index (χ3n) is 8.11. The van der Waals surface area contributed by atoms with Crippen LogP contribution in [0.4, 0.5) is 10.1 Å². The molecule has 2 aliphatic rings. The molecule has 0 spiro atoms. The van der Waals surface area contributed by atoms with Gasteiger partial charge in [-0.2, -0.15) is 15.0 Å². The summed E-state index contributed by atoms with van der Waals surface area (Å²) in [4.78, 5) is 15.1. The molecule has 43 heavy (non-hydrogen) atoms. The van der Waals surface area contributed by atoms with Crippen LogP contribution in [-0.2, 0) is 6.54 Å². The number of tetrazole rings is 1. The quantitative estimate of drug-likeness (QED) is 0.236. The standard InChI is InChI=1S/C30H32FN9O3/c1-16-10-23(31)20(28-34-37-40(36-28)19-6-7-19)12-24(16)33-29(42)21-13-32-39-9-8-18(11-25(21)39)22-14-38(15-26(41)30(2,3)43)35-27(22)17-4-5-17/h8-14,17,19,26,41,43H,4-7,15H2,1-3H3,(H,33,42). The first-order valence-corrected chi connectivity index (χ1v) is 14.4. The number of pyridine rings is 1. The Bertz CT molecular complexity index is 1860. The molecule has 0 aliphatic heterocycles. The zero-order valence-electron chi connectivity index (χ0n) is 24.1. The van der Waals surface area contributed by atoms with E-state index in [9.17, 15) is 19.4 Å². The van der Waals surface area contributed by atoms with Gasteiger partial charge in [0.1, 0.15) is 11.9 Å². The number of rotatable bonds is 9. The highest BCUT2D eigenvalue weighted by atomic mass is 19.1. The van der Waals surface area contributed by atoms with Gasteiger partial charge in [-0.3, -0.25) is 9.48 Å². The van der Waals surface area contributed by atoms with Crippen molar-refractivity contribution in [3.8, 4) is 22.5 Å². The second-order valence-corrected chi connectivity index (χ2v) is 12.2.